The van der Waals surface area contributed by atoms with E-state index in [0.29, 0.717) is 19.6 Å². The number of benzene rings is 1. The zero-order valence-electron chi connectivity index (χ0n) is 13.8. The second-order valence-corrected chi connectivity index (χ2v) is 5.72. The highest BCUT2D eigenvalue weighted by molar-refractivity contribution is 5.96. The number of hydrogen-bond acceptors (Lipinski definition) is 3. The van der Waals surface area contributed by atoms with Crippen molar-refractivity contribution in [2.75, 3.05) is 33.3 Å². The number of hydrogen-bond donors (Lipinski definition) is 0. The van der Waals surface area contributed by atoms with Gasteiger partial charge in [-0.25, -0.2) is 0 Å². The predicted molar refractivity (Wildman–Crippen MR) is 85.2 cm³/mol. The van der Waals surface area contributed by atoms with E-state index in [-0.39, 0.29) is 11.8 Å². The molecule has 2 amide bonds. The summed E-state index contributed by atoms with van der Waals surface area (Å²) in [4.78, 5) is 27.9. The van der Waals surface area contributed by atoms with Gasteiger partial charge in [0.15, 0.2) is 0 Å². The van der Waals surface area contributed by atoms with E-state index in [4.69, 9.17) is 4.74 Å². The fraction of sp³-hybridized carbons (Fsp3) is 0.529. The Balaban J connectivity index is 2.18. The Hall–Kier alpha value is -2.04. The molecule has 0 N–H and O–H groups in total. The van der Waals surface area contributed by atoms with Crippen molar-refractivity contribution in [3.63, 3.8) is 0 Å². The second kappa shape index (κ2) is 6.81. The minimum Gasteiger partial charge on any atom is -0.496 e. The minimum atomic E-state index is 0.0358. The maximum Gasteiger partial charge on any atom is 0.254 e. The molecule has 0 aromatic heterocycles. The molecule has 0 unspecified atom stereocenters. The maximum absolute atomic E-state index is 12.8. The molecule has 0 bridgehead atoms. The summed E-state index contributed by atoms with van der Waals surface area (Å²) in [5.74, 6) is 0.909. The molecule has 0 aliphatic carbocycles. The molecule has 0 saturated carbocycles. The number of ether oxygens (including phenoxy) is 1. The predicted octanol–water partition coefficient (Wildman–Crippen LogP) is 2.01. The number of amides is 2. The van der Waals surface area contributed by atoms with Crippen LogP contribution < -0.4 is 4.74 Å². The van der Waals surface area contributed by atoms with E-state index in [2.05, 4.69) is 0 Å². The SMILES string of the molecule is COc1ccc(C(=O)N2CCCN(C(C)=O)CC2)c(C)c1C. The average molecular weight is 304 g/mol. The molecular weight excluding hydrogens is 280 g/mol. The van der Waals surface area contributed by atoms with Crippen LogP contribution in [0.2, 0.25) is 0 Å². The lowest BCUT2D eigenvalue weighted by atomic mass is 10.0. The van der Waals surface area contributed by atoms with Crippen molar-refractivity contribution in [3.8, 4) is 5.75 Å². The molecule has 2 rings (SSSR count). The number of nitrogens with zero attached hydrogens (tertiary/aromatic N) is 2. The van der Waals surface area contributed by atoms with E-state index in [0.717, 1.165) is 35.4 Å². The van der Waals surface area contributed by atoms with E-state index in [1.807, 2.05) is 30.9 Å². The van der Waals surface area contributed by atoms with Gasteiger partial charge in [0.25, 0.3) is 5.91 Å². The third-order valence-corrected chi connectivity index (χ3v) is 4.42. The molecule has 0 radical (unpaired) electrons. The van der Waals surface area contributed by atoms with Crippen LogP contribution in [0.1, 0.15) is 34.8 Å². The van der Waals surface area contributed by atoms with Gasteiger partial charge in [-0.3, -0.25) is 9.59 Å². The summed E-state index contributed by atoms with van der Waals surface area (Å²) in [6.07, 6.45) is 0.819. The minimum absolute atomic E-state index is 0.0358. The van der Waals surface area contributed by atoms with E-state index >= 15 is 0 Å². The zero-order valence-corrected chi connectivity index (χ0v) is 13.8. The van der Waals surface area contributed by atoms with Crippen molar-refractivity contribution in [1.82, 2.24) is 9.80 Å². The highest BCUT2D eigenvalue weighted by atomic mass is 16.5. The number of methoxy groups -OCH3 is 1. The summed E-state index contributed by atoms with van der Waals surface area (Å²) in [6, 6.07) is 3.67. The normalized spacial score (nSPS) is 15.5. The summed E-state index contributed by atoms with van der Waals surface area (Å²) >= 11 is 0. The van der Waals surface area contributed by atoms with Gasteiger partial charge in [0, 0.05) is 38.7 Å². The summed E-state index contributed by atoms with van der Waals surface area (Å²) in [5, 5.41) is 0. The van der Waals surface area contributed by atoms with Gasteiger partial charge in [-0.05, 0) is 43.5 Å². The smallest absolute Gasteiger partial charge is 0.254 e. The van der Waals surface area contributed by atoms with E-state index < -0.39 is 0 Å². The largest absolute Gasteiger partial charge is 0.496 e. The van der Waals surface area contributed by atoms with E-state index in [1.54, 1.807) is 18.9 Å². The highest BCUT2D eigenvalue weighted by Gasteiger charge is 2.23. The Kier molecular flexibility index (Phi) is 5.06. The second-order valence-electron chi connectivity index (χ2n) is 5.72. The van der Waals surface area contributed by atoms with Crippen LogP contribution >= 0.6 is 0 Å². The lowest BCUT2D eigenvalue weighted by Gasteiger charge is -2.23. The number of carbonyl (C=O) groups excluding carboxylic acids is 2. The summed E-state index contributed by atoms with van der Waals surface area (Å²) < 4.78 is 5.30. The van der Waals surface area contributed by atoms with Crippen LogP contribution in [0.3, 0.4) is 0 Å². The zero-order chi connectivity index (χ0) is 16.3. The maximum atomic E-state index is 12.8. The average Bonchev–Trinajstić information content (AvgIpc) is 2.75. The molecule has 22 heavy (non-hydrogen) atoms. The molecule has 120 valence electrons. The molecule has 1 saturated heterocycles. The molecule has 1 heterocycles. The van der Waals surface area contributed by atoms with Crippen LogP contribution in [-0.4, -0.2) is 54.9 Å². The van der Waals surface area contributed by atoms with Gasteiger partial charge in [-0.2, -0.15) is 0 Å². The Morgan fingerprint density at radius 3 is 2.27 bits per heavy atom. The fourth-order valence-corrected chi connectivity index (χ4v) is 2.85. The number of carbonyl (C=O) groups is 2. The van der Waals surface area contributed by atoms with Gasteiger partial charge in [0.2, 0.25) is 5.91 Å². The Morgan fingerprint density at radius 2 is 1.64 bits per heavy atom. The fourth-order valence-electron chi connectivity index (χ4n) is 2.85. The van der Waals surface area contributed by atoms with Crippen LogP contribution in [0.25, 0.3) is 0 Å². The van der Waals surface area contributed by atoms with Crippen LogP contribution in [0, 0.1) is 13.8 Å². The van der Waals surface area contributed by atoms with Gasteiger partial charge in [0.05, 0.1) is 7.11 Å². The molecule has 0 atom stereocenters. The van der Waals surface area contributed by atoms with Crippen LogP contribution in [0.5, 0.6) is 5.75 Å². The first-order valence-corrected chi connectivity index (χ1v) is 7.64. The first kappa shape index (κ1) is 16.3. The van der Waals surface area contributed by atoms with Crippen LogP contribution in [0.15, 0.2) is 12.1 Å². The topological polar surface area (TPSA) is 49.9 Å². The van der Waals surface area contributed by atoms with Gasteiger partial charge < -0.3 is 14.5 Å². The van der Waals surface area contributed by atoms with Crippen molar-refractivity contribution >= 4 is 11.8 Å². The quantitative estimate of drug-likeness (QED) is 0.840. The van der Waals surface area contributed by atoms with Gasteiger partial charge in [-0.15, -0.1) is 0 Å². The standard InChI is InChI=1S/C17H24N2O3/c1-12-13(2)16(22-4)7-6-15(12)17(21)19-9-5-8-18(10-11-19)14(3)20/h6-7H,5,8-11H2,1-4H3. The van der Waals surface area contributed by atoms with Gasteiger partial charge in [0.1, 0.15) is 5.75 Å². The Morgan fingerprint density at radius 1 is 1.00 bits per heavy atom. The van der Waals surface area contributed by atoms with Crippen LogP contribution in [-0.2, 0) is 4.79 Å². The molecule has 1 aliphatic heterocycles. The molecule has 1 aromatic rings. The Bertz CT molecular complexity index is 584. The van der Waals surface area contributed by atoms with Crippen molar-refractivity contribution in [2.45, 2.75) is 27.2 Å². The van der Waals surface area contributed by atoms with Crippen molar-refractivity contribution in [3.05, 3.63) is 28.8 Å². The van der Waals surface area contributed by atoms with Gasteiger partial charge in [-0.1, -0.05) is 0 Å². The van der Waals surface area contributed by atoms with E-state index in [9.17, 15) is 9.59 Å². The summed E-state index contributed by atoms with van der Waals surface area (Å²) in [5.41, 5.74) is 2.67. The third kappa shape index (κ3) is 3.24. The molecule has 1 aliphatic rings. The molecular formula is C17H24N2O3. The number of rotatable bonds is 2. The van der Waals surface area contributed by atoms with E-state index in [1.165, 1.54) is 0 Å². The monoisotopic (exact) mass is 304 g/mol. The summed E-state index contributed by atoms with van der Waals surface area (Å²) in [7, 11) is 1.63. The lowest BCUT2D eigenvalue weighted by molar-refractivity contribution is -0.128. The third-order valence-electron chi connectivity index (χ3n) is 4.42. The van der Waals surface area contributed by atoms with Crippen LogP contribution in [0.4, 0.5) is 0 Å². The molecule has 5 heteroatoms. The van der Waals surface area contributed by atoms with Gasteiger partial charge >= 0.3 is 0 Å². The van der Waals surface area contributed by atoms with Crippen molar-refractivity contribution < 1.29 is 14.3 Å². The highest BCUT2D eigenvalue weighted by Crippen LogP contribution is 2.25. The summed E-state index contributed by atoms with van der Waals surface area (Å²) in [6.45, 7) is 8.09. The first-order chi connectivity index (χ1) is 10.5. The van der Waals surface area contributed by atoms with Crippen molar-refractivity contribution in [1.29, 1.82) is 0 Å². The van der Waals surface area contributed by atoms with Crippen molar-refractivity contribution in [2.24, 2.45) is 0 Å². The molecule has 0 spiro atoms. The lowest BCUT2D eigenvalue weighted by Crippen LogP contribution is -2.36. The molecule has 5 nitrogen and oxygen atoms in total. The molecule has 1 fully saturated rings. The molecule has 1 aromatic carbocycles. The first-order valence-electron chi connectivity index (χ1n) is 7.64. The Labute approximate surface area is 131 Å².